The minimum atomic E-state index is -3.87. The smallest absolute Gasteiger partial charge is 0.325 e. The Kier molecular flexibility index (Phi) is 3.85. The predicted octanol–water partition coefficient (Wildman–Crippen LogP) is 1.42. The van der Waals surface area contributed by atoms with Crippen molar-refractivity contribution in [1.82, 2.24) is 0 Å². The molecule has 3 rings (SSSR count). The van der Waals surface area contributed by atoms with E-state index < -0.39 is 32.5 Å². The SMILES string of the molecule is COc1ccc([C@@H]2[C@@H](S(=O)(=O)c3ccccc3)[C@@]2(N)C(=O)O)cc1. The van der Waals surface area contributed by atoms with Crippen molar-refractivity contribution in [3.05, 3.63) is 60.2 Å². The lowest BCUT2D eigenvalue weighted by atomic mass is 10.1. The number of aliphatic carboxylic acids is 1. The van der Waals surface area contributed by atoms with E-state index >= 15 is 0 Å². The van der Waals surface area contributed by atoms with Gasteiger partial charge in [-0.3, -0.25) is 4.79 Å². The summed E-state index contributed by atoms with van der Waals surface area (Å²) in [6, 6.07) is 14.4. The van der Waals surface area contributed by atoms with Crippen molar-refractivity contribution in [2.24, 2.45) is 5.73 Å². The van der Waals surface area contributed by atoms with Gasteiger partial charge in [0.05, 0.1) is 12.0 Å². The number of hydrogen-bond donors (Lipinski definition) is 2. The van der Waals surface area contributed by atoms with Gasteiger partial charge >= 0.3 is 5.97 Å². The van der Waals surface area contributed by atoms with Crippen LogP contribution in [-0.2, 0) is 14.6 Å². The molecule has 24 heavy (non-hydrogen) atoms. The maximum absolute atomic E-state index is 12.9. The third kappa shape index (κ3) is 2.37. The average molecular weight is 347 g/mol. The minimum Gasteiger partial charge on any atom is -0.497 e. The van der Waals surface area contributed by atoms with Crippen molar-refractivity contribution in [3.8, 4) is 5.75 Å². The molecule has 1 aliphatic carbocycles. The Morgan fingerprint density at radius 3 is 2.21 bits per heavy atom. The van der Waals surface area contributed by atoms with Crippen molar-refractivity contribution < 1.29 is 23.1 Å². The summed E-state index contributed by atoms with van der Waals surface area (Å²) in [7, 11) is -2.36. The number of carboxylic acids is 1. The maximum atomic E-state index is 12.9. The van der Waals surface area contributed by atoms with Crippen LogP contribution in [0.4, 0.5) is 0 Å². The van der Waals surface area contributed by atoms with E-state index in [1.165, 1.54) is 19.2 Å². The van der Waals surface area contributed by atoms with Crippen molar-refractivity contribution in [2.45, 2.75) is 21.6 Å². The first-order valence-electron chi connectivity index (χ1n) is 7.28. The van der Waals surface area contributed by atoms with Crippen LogP contribution in [-0.4, -0.2) is 37.4 Å². The molecule has 3 N–H and O–H groups in total. The molecule has 6 nitrogen and oxygen atoms in total. The number of sulfone groups is 1. The van der Waals surface area contributed by atoms with Gasteiger partial charge in [0.1, 0.15) is 16.5 Å². The summed E-state index contributed by atoms with van der Waals surface area (Å²) < 4.78 is 30.8. The van der Waals surface area contributed by atoms with Crippen LogP contribution in [0.3, 0.4) is 0 Å². The highest BCUT2D eigenvalue weighted by Gasteiger charge is 2.74. The largest absolute Gasteiger partial charge is 0.497 e. The average Bonchev–Trinajstić information content (AvgIpc) is 3.24. The van der Waals surface area contributed by atoms with Crippen LogP contribution < -0.4 is 10.5 Å². The van der Waals surface area contributed by atoms with Gasteiger partial charge in [0.2, 0.25) is 0 Å². The zero-order valence-electron chi connectivity index (χ0n) is 12.9. The van der Waals surface area contributed by atoms with Crippen LogP contribution in [0, 0.1) is 0 Å². The molecule has 0 amide bonds. The normalized spacial score (nSPS) is 25.9. The predicted molar refractivity (Wildman–Crippen MR) is 87.7 cm³/mol. The van der Waals surface area contributed by atoms with Crippen molar-refractivity contribution in [2.75, 3.05) is 7.11 Å². The first-order valence-corrected chi connectivity index (χ1v) is 8.83. The molecule has 0 radical (unpaired) electrons. The molecule has 2 aromatic rings. The lowest BCUT2D eigenvalue weighted by Crippen LogP contribution is -2.39. The van der Waals surface area contributed by atoms with Crippen molar-refractivity contribution in [1.29, 1.82) is 0 Å². The fraction of sp³-hybridized carbons (Fsp3) is 0.235. The quantitative estimate of drug-likeness (QED) is 0.847. The molecule has 0 aliphatic heterocycles. The van der Waals surface area contributed by atoms with E-state index in [1.807, 2.05) is 0 Å². The number of carbonyl (C=O) groups is 1. The van der Waals surface area contributed by atoms with Crippen LogP contribution in [0.25, 0.3) is 0 Å². The maximum Gasteiger partial charge on any atom is 0.325 e. The summed E-state index contributed by atoms with van der Waals surface area (Å²) in [5, 5.41) is 8.30. The molecular formula is C17H17NO5S. The third-order valence-corrected chi connectivity index (χ3v) is 6.69. The minimum absolute atomic E-state index is 0.0714. The monoisotopic (exact) mass is 347 g/mol. The second kappa shape index (κ2) is 5.61. The summed E-state index contributed by atoms with van der Waals surface area (Å²) >= 11 is 0. The Morgan fingerprint density at radius 2 is 1.71 bits per heavy atom. The summed E-state index contributed by atoms with van der Waals surface area (Å²) in [5.74, 6) is -1.54. The number of benzene rings is 2. The second-order valence-electron chi connectivity index (χ2n) is 5.77. The lowest BCUT2D eigenvalue weighted by molar-refractivity contribution is -0.139. The van der Waals surface area contributed by atoms with Gasteiger partial charge in [-0.15, -0.1) is 0 Å². The van der Waals surface area contributed by atoms with E-state index in [9.17, 15) is 18.3 Å². The molecule has 126 valence electrons. The molecule has 0 bridgehead atoms. The Hall–Kier alpha value is -2.38. The topological polar surface area (TPSA) is 107 Å². The molecule has 1 aliphatic rings. The van der Waals surface area contributed by atoms with Crippen LogP contribution in [0.2, 0.25) is 0 Å². The van der Waals surface area contributed by atoms with E-state index in [0.717, 1.165) is 0 Å². The lowest BCUT2D eigenvalue weighted by Gasteiger charge is -2.06. The van der Waals surface area contributed by atoms with Crippen LogP contribution >= 0.6 is 0 Å². The highest BCUT2D eigenvalue weighted by molar-refractivity contribution is 7.92. The van der Waals surface area contributed by atoms with Crippen molar-refractivity contribution in [3.63, 3.8) is 0 Å². The summed E-state index contributed by atoms with van der Waals surface area (Å²) in [5.41, 5.74) is 4.71. The van der Waals surface area contributed by atoms with E-state index in [4.69, 9.17) is 10.5 Å². The number of ether oxygens (including phenoxy) is 1. The summed E-state index contributed by atoms with van der Waals surface area (Å²) in [6.45, 7) is 0. The number of rotatable bonds is 5. The standard InChI is InChI=1S/C17H17NO5S/c1-23-12-9-7-11(8-10-12)14-15(17(14,18)16(19)20)24(21,22)13-5-3-2-4-6-13/h2-10,14-15H,18H2,1H3,(H,19,20)/t14-,15-,17-/m1/s1. The zero-order chi connectivity index (χ0) is 17.5. The van der Waals surface area contributed by atoms with Crippen LogP contribution in [0.15, 0.2) is 59.5 Å². The highest BCUT2D eigenvalue weighted by atomic mass is 32.2. The first kappa shape index (κ1) is 16.5. The second-order valence-corrected chi connectivity index (χ2v) is 7.84. The molecule has 0 saturated heterocycles. The van der Waals surface area contributed by atoms with Gasteiger partial charge in [-0.1, -0.05) is 30.3 Å². The Bertz CT molecular complexity index is 864. The van der Waals surface area contributed by atoms with E-state index in [0.29, 0.717) is 11.3 Å². The summed E-state index contributed by atoms with van der Waals surface area (Å²) in [4.78, 5) is 11.7. The Morgan fingerprint density at radius 1 is 1.12 bits per heavy atom. The molecule has 7 heteroatoms. The van der Waals surface area contributed by atoms with Gasteiger partial charge in [-0.2, -0.15) is 0 Å². The highest BCUT2D eigenvalue weighted by Crippen LogP contribution is 2.55. The summed E-state index contributed by atoms with van der Waals surface area (Å²) in [6.07, 6.45) is 0. The molecule has 3 atom stereocenters. The van der Waals surface area contributed by atoms with Gasteiger partial charge in [0.25, 0.3) is 0 Å². The van der Waals surface area contributed by atoms with Gasteiger partial charge in [-0.25, -0.2) is 8.42 Å². The van der Waals surface area contributed by atoms with Gasteiger partial charge in [0.15, 0.2) is 9.84 Å². The third-order valence-electron chi connectivity index (χ3n) is 4.43. The molecule has 0 spiro atoms. The number of methoxy groups -OCH3 is 1. The van der Waals surface area contributed by atoms with E-state index in [-0.39, 0.29) is 4.90 Å². The van der Waals surface area contributed by atoms with E-state index in [1.54, 1.807) is 42.5 Å². The van der Waals surface area contributed by atoms with Gasteiger partial charge in [-0.05, 0) is 29.8 Å². The number of hydrogen-bond acceptors (Lipinski definition) is 5. The van der Waals surface area contributed by atoms with Gasteiger partial charge < -0.3 is 15.6 Å². The fourth-order valence-electron chi connectivity index (χ4n) is 3.08. The molecule has 1 saturated carbocycles. The van der Waals surface area contributed by atoms with Crippen LogP contribution in [0.5, 0.6) is 5.75 Å². The van der Waals surface area contributed by atoms with Crippen LogP contribution in [0.1, 0.15) is 11.5 Å². The molecular weight excluding hydrogens is 330 g/mol. The molecule has 0 unspecified atom stereocenters. The molecule has 0 heterocycles. The Balaban J connectivity index is 2.04. The number of carboxylic acid groups (broad SMARTS) is 1. The fourth-order valence-corrected chi connectivity index (χ4v) is 5.34. The Labute approximate surface area is 139 Å². The molecule has 0 aromatic heterocycles. The molecule has 2 aromatic carbocycles. The van der Waals surface area contributed by atoms with Gasteiger partial charge in [0, 0.05) is 5.92 Å². The first-order chi connectivity index (χ1) is 11.3. The van der Waals surface area contributed by atoms with Crippen molar-refractivity contribution >= 4 is 15.8 Å². The number of nitrogens with two attached hydrogens (primary N) is 1. The zero-order valence-corrected chi connectivity index (χ0v) is 13.7. The van der Waals surface area contributed by atoms with E-state index in [2.05, 4.69) is 0 Å². The molecule has 1 fully saturated rings.